The summed E-state index contributed by atoms with van der Waals surface area (Å²) < 4.78 is 69.1. The van der Waals surface area contributed by atoms with Gasteiger partial charge in [0.25, 0.3) is 0 Å². The zero-order valence-electron chi connectivity index (χ0n) is 24.4. The minimum absolute atomic E-state index is 0.0143. The SMILES string of the molecule is CCCCCCCCCc1ccc(OC(F)(F)c2ccc(C(F)(F)Oc3ccc(CCCCCC)cc3)cc2)cc1. The number of halogens is 4. The van der Waals surface area contributed by atoms with E-state index in [0.717, 1.165) is 80.3 Å². The fraction of sp³-hybridized carbons (Fsp3) is 0.486. The second kappa shape index (κ2) is 16.4. The first-order chi connectivity index (χ1) is 19.7. The van der Waals surface area contributed by atoms with E-state index >= 15 is 0 Å². The number of ether oxygens (including phenoxy) is 2. The van der Waals surface area contributed by atoms with Gasteiger partial charge in [0.2, 0.25) is 0 Å². The van der Waals surface area contributed by atoms with E-state index in [2.05, 4.69) is 13.8 Å². The molecule has 224 valence electrons. The molecule has 0 aliphatic heterocycles. The molecule has 3 rings (SSSR count). The summed E-state index contributed by atoms with van der Waals surface area (Å²) in [4.78, 5) is 0. The molecule has 41 heavy (non-hydrogen) atoms. The molecular formula is C35H44F4O2. The number of unbranched alkanes of at least 4 members (excludes halogenated alkanes) is 9. The summed E-state index contributed by atoms with van der Waals surface area (Å²) in [6.45, 7) is 4.35. The first kappa shape index (κ1) is 32.5. The molecule has 3 aromatic rings. The van der Waals surface area contributed by atoms with E-state index in [-0.39, 0.29) is 11.5 Å². The van der Waals surface area contributed by atoms with Crippen LogP contribution >= 0.6 is 0 Å². The lowest BCUT2D eigenvalue weighted by atomic mass is 10.0. The van der Waals surface area contributed by atoms with Crippen LogP contribution in [0.1, 0.15) is 107 Å². The van der Waals surface area contributed by atoms with Crippen molar-refractivity contribution >= 4 is 0 Å². The molecule has 0 spiro atoms. The maximum Gasteiger partial charge on any atom is 0.426 e. The van der Waals surface area contributed by atoms with Crippen molar-refractivity contribution in [2.75, 3.05) is 0 Å². The topological polar surface area (TPSA) is 18.5 Å². The Kier molecular flexibility index (Phi) is 13.0. The number of alkyl halides is 4. The quantitative estimate of drug-likeness (QED) is 0.105. The Bertz CT molecular complexity index is 1130. The molecule has 3 aromatic carbocycles. The highest BCUT2D eigenvalue weighted by Gasteiger charge is 2.38. The number of benzene rings is 3. The lowest BCUT2D eigenvalue weighted by Gasteiger charge is -2.21. The summed E-state index contributed by atoms with van der Waals surface area (Å²) in [6, 6.07) is 17.0. The van der Waals surface area contributed by atoms with Gasteiger partial charge in [0.1, 0.15) is 11.5 Å². The van der Waals surface area contributed by atoms with Crippen LogP contribution < -0.4 is 9.47 Å². The van der Waals surface area contributed by atoms with E-state index in [4.69, 9.17) is 9.47 Å². The number of hydrogen-bond donors (Lipinski definition) is 0. The molecular weight excluding hydrogens is 528 g/mol. The third kappa shape index (κ3) is 11.1. The molecule has 0 radical (unpaired) electrons. The van der Waals surface area contributed by atoms with Crippen molar-refractivity contribution in [1.82, 2.24) is 0 Å². The van der Waals surface area contributed by atoms with E-state index in [9.17, 15) is 17.6 Å². The number of rotatable bonds is 19. The number of hydrogen-bond acceptors (Lipinski definition) is 2. The summed E-state index contributed by atoms with van der Waals surface area (Å²) in [5.41, 5.74) is 1.10. The van der Waals surface area contributed by atoms with Gasteiger partial charge in [0.05, 0.1) is 11.1 Å². The first-order valence-electron chi connectivity index (χ1n) is 15.2. The lowest BCUT2D eigenvalue weighted by molar-refractivity contribution is -0.188. The molecule has 0 atom stereocenters. The van der Waals surface area contributed by atoms with Gasteiger partial charge in [-0.15, -0.1) is 0 Å². The predicted octanol–water partition coefficient (Wildman–Crippen LogP) is 11.4. The van der Waals surface area contributed by atoms with Crippen LogP contribution in [0.2, 0.25) is 0 Å². The van der Waals surface area contributed by atoms with Crippen LogP contribution in [0, 0.1) is 0 Å². The summed E-state index contributed by atoms with van der Waals surface area (Å²) in [7, 11) is 0. The van der Waals surface area contributed by atoms with Crippen molar-refractivity contribution in [2.24, 2.45) is 0 Å². The van der Waals surface area contributed by atoms with Crippen molar-refractivity contribution in [3.05, 3.63) is 95.1 Å². The summed E-state index contributed by atoms with van der Waals surface area (Å²) in [5, 5.41) is 0. The van der Waals surface area contributed by atoms with Crippen LogP contribution in [-0.4, -0.2) is 0 Å². The van der Waals surface area contributed by atoms with Gasteiger partial charge in [-0.3, -0.25) is 0 Å². The van der Waals surface area contributed by atoms with Crippen LogP contribution in [0.4, 0.5) is 17.6 Å². The molecule has 0 unspecified atom stereocenters. The zero-order valence-corrected chi connectivity index (χ0v) is 24.4. The van der Waals surface area contributed by atoms with E-state index < -0.39 is 23.3 Å². The van der Waals surface area contributed by atoms with Crippen LogP contribution in [0.5, 0.6) is 11.5 Å². The Morgan fingerprint density at radius 2 is 0.756 bits per heavy atom. The van der Waals surface area contributed by atoms with Crippen LogP contribution in [-0.2, 0) is 25.1 Å². The molecule has 0 aliphatic rings. The fourth-order valence-electron chi connectivity index (χ4n) is 4.76. The van der Waals surface area contributed by atoms with E-state index in [1.807, 2.05) is 0 Å². The van der Waals surface area contributed by atoms with Crippen LogP contribution in [0.15, 0.2) is 72.8 Å². The van der Waals surface area contributed by atoms with Crippen molar-refractivity contribution in [2.45, 2.75) is 110 Å². The van der Waals surface area contributed by atoms with Crippen molar-refractivity contribution in [1.29, 1.82) is 0 Å². The maximum atomic E-state index is 14.8. The van der Waals surface area contributed by atoms with E-state index in [1.54, 1.807) is 24.3 Å². The lowest BCUT2D eigenvalue weighted by Crippen LogP contribution is -2.24. The molecule has 6 heteroatoms. The zero-order chi connectivity index (χ0) is 29.6. The minimum Gasteiger partial charge on any atom is -0.429 e. The average molecular weight is 573 g/mol. The third-order valence-electron chi connectivity index (χ3n) is 7.28. The highest BCUT2D eigenvalue weighted by Crippen LogP contribution is 2.36. The Hall–Kier alpha value is -3.02. The monoisotopic (exact) mass is 572 g/mol. The normalized spacial score (nSPS) is 12.0. The molecule has 0 heterocycles. The average Bonchev–Trinajstić information content (AvgIpc) is 2.96. The highest BCUT2D eigenvalue weighted by atomic mass is 19.3. The predicted molar refractivity (Wildman–Crippen MR) is 158 cm³/mol. The number of aryl methyl sites for hydroxylation is 2. The van der Waals surface area contributed by atoms with E-state index in [1.165, 1.54) is 62.8 Å². The molecule has 0 fully saturated rings. The Balaban J connectivity index is 1.50. The largest absolute Gasteiger partial charge is 0.429 e. The van der Waals surface area contributed by atoms with Gasteiger partial charge in [-0.05, 0) is 85.3 Å². The van der Waals surface area contributed by atoms with E-state index in [0.29, 0.717) is 0 Å². The van der Waals surface area contributed by atoms with Gasteiger partial charge in [0, 0.05) is 0 Å². The summed E-state index contributed by atoms with van der Waals surface area (Å²) >= 11 is 0. The molecule has 0 N–H and O–H groups in total. The van der Waals surface area contributed by atoms with Crippen molar-refractivity contribution in [3.63, 3.8) is 0 Å². The smallest absolute Gasteiger partial charge is 0.426 e. The minimum atomic E-state index is -3.68. The van der Waals surface area contributed by atoms with Crippen molar-refractivity contribution in [3.8, 4) is 11.5 Å². The first-order valence-corrected chi connectivity index (χ1v) is 15.2. The van der Waals surface area contributed by atoms with Gasteiger partial charge in [0.15, 0.2) is 0 Å². The standard InChI is InChI=1S/C35H44F4O2/c1-3-5-7-9-10-11-13-15-29-18-26-33(27-19-29)41-35(38,39)31-22-20-30(21-23-31)34(36,37)40-32-24-16-28(17-25-32)14-12-8-6-4-2/h16-27H,3-15H2,1-2H3. The van der Waals surface area contributed by atoms with Gasteiger partial charge in [-0.25, -0.2) is 0 Å². The molecule has 0 saturated carbocycles. The van der Waals surface area contributed by atoms with Crippen molar-refractivity contribution < 1.29 is 27.0 Å². The molecule has 0 saturated heterocycles. The van der Waals surface area contributed by atoms with Gasteiger partial charge >= 0.3 is 12.2 Å². The van der Waals surface area contributed by atoms with Crippen LogP contribution in [0.3, 0.4) is 0 Å². The Morgan fingerprint density at radius 1 is 0.439 bits per heavy atom. The van der Waals surface area contributed by atoms with Gasteiger partial charge in [-0.2, -0.15) is 17.6 Å². The second-order valence-electron chi connectivity index (χ2n) is 10.8. The molecule has 0 amide bonds. The molecule has 0 aromatic heterocycles. The summed E-state index contributed by atoms with van der Waals surface area (Å²) in [6.07, 6.45) is 7.44. The fourth-order valence-corrected chi connectivity index (χ4v) is 4.76. The Morgan fingerprint density at radius 3 is 1.12 bits per heavy atom. The van der Waals surface area contributed by atoms with Crippen LogP contribution in [0.25, 0.3) is 0 Å². The third-order valence-corrected chi connectivity index (χ3v) is 7.28. The molecule has 0 aliphatic carbocycles. The van der Waals surface area contributed by atoms with Gasteiger partial charge in [-0.1, -0.05) is 95.9 Å². The molecule has 0 bridgehead atoms. The molecule has 2 nitrogen and oxygen atoms in total. The Labute approximate surface area is 243 Å². The second-order valence-corrected chi connectivity index (χ2v) is 10.8. The summed E-state index contributed by atoms with van der Waals surface area (Å²) in [5.74, 6) is 0.0327. The van der Waals surface area contributed by atoms with Gasteiger partial charge < -0.3 is 9.47 Å². The maximum absolute atomic E-state index is 14.8. The highest BCUT2D eigenvalue weighted by molar-refractivity contribution is 5.32.